The predicted molar refractivity (Wildman–Crippen MR) is 79.1 cm³/mol. The summed E-state index contributed by atoms with van der Waals surface area (Å²) in [6.07, 6.45) is 0. The molecule has 0 fully saturated rings. The SMILES string of the molecule is CC1C(S)=C(C(N)=S)CN1Cc1ccccc1. The first kappa shape index (κ1) is 12.6. The molecule has 1 aromatic carbocycles. The van der Waals surface area contributed by atoms with E-state index < -0.39 is 0 Å². The van der Waals surface area contributed by atoms with Crippen molar-refractivity contribution in [2.45, 2.75) is 19.5 Å². The number of thiocarbonyl (C=S) groups is 1. The van der Waals surface area contributed by atoms with E-state index in [1.807, 2.05) is 6.07 Å². The highest BCUT2D eigenvalue weighted by Gasteiger charge is 2.28. The molecule has 1 atom stereocenters. The fourth-order valence-corrected chi connectivity index (χ4v) is 2.67. The van der Waals surface area contributed by atoms with Crippen LogP contribution in [0.1, 0.15) is 12.5 Å². The zero-order chi connectivity index (χ0) is 12.4. The number of hydrogen-bond acceptors (Lipinski definition) is 3. The van der Waals surface area contributed by atoms with Gasteiger partial charge in [0, 0.05) is 29.6 Å². The summed E-state index contributed by atoms with van der Waals surface area (Å²) in [5.41, 5.74) is 8.01. The molecular weight excluding hydrogens is 248 g/mol. The van der Waals surface area contributed by atoms with Gasteiger partial charge in [-0.05, 0) is 12.5 Å². The van der Waals surface area contributed by atoms with Crippen LogP contribution < -0.4 is 5.73 Å². The van der Waals surface area contributed by atoms with Crippen LogP contribution >= 0.6 is 24.8 Å². The van der Waals surface area contributed by atoms with Crippen LogP contribution in [0.2, 0.25) is 0 Å². The zero-order valence-corrected chi connectivity index (χ0v) is 11.5. The Balaban J connectivity index is 2.10. The topological polar surface area (TPSA) is 29.3 Å². The number of hydrogen-bond donors (Lipinski definition) is 2. The van der Waals surface area contributed by atoms with Gasteiger partial charge in [0.2, 0.25) is 0 Å². The van der Waals surface area contributed by atoms with E-state index in [0.717, 1.165) is 23.6 Å². The molecule has 1 aliphatic rings. The van der Waals surface area contributed by atoms with Gasteiger partial charge in [-0.1, -0.05) is 42.5 Å². The molecule has 0 aromatic heterocycles. The van der Waals surface area contributed by atoms with Crippen LogP contribution in [-0.4, -0.2) is 22.5 Å². The van der Waals surface area contributed by atoms with Crippen LogP contribution in [0.25, 0.3) is 0 Å². The lowest BCUT2D eigenvalue weighted by molar-refractivity contribution is 0.274. The second kappa shape index (κ2) is 5.21. The number of thiol groups is 1. The normalized spacial score (nSPS) is 20.9. The lowest BCUT2D eigenvalue weighted by atomic mass is 10.2. The summed E-state index contributed by atoms with van der Waals surface area (Å²) in [6.45, 7) is 3.83. The standard InChI is InChI=1S/C13H16N2S2/c1-9-12(16)11(13(14)17)8-15(9)7-10-5-3-2-4-6-10/h2-6,9,16H,7-8H2,1H3,(H2,14,17). The third-order valence-corrected chi connectivity index (χ3v) is 4.03. The molecule has 1 unspecified atom stereocenters. The van der Waals surface area contributed by atoms with Gasteiger partial charge in [-0.25, -0.2) is 0 Å². The highest BCUT2D eigenvalue weighted by Crippen LogP contribution is 2.28. The van der Waals surface area contributed by atoms with E-state index in [2.05, 4.69) is 48.7 Å². The monoisotopic (exact) mass is 264 g/mol. The molecule has 0 saturated carbocycles. The second-order valence-electron chi connectivity index (χ2n) is 4.29. The minimum Gasteiger partial charge on any atom is -0.390 e. The van der Waals surface area contributed by atoms with Crippen molar-refractivity contribution in [2.24, 2.45) is 5.73 Å². The summed E-state index contributed by atoms with van der Waals surface area (Å²) in [5, 5.41) is 0. The maximum absolute atomic E-state index is 5.70. The van der Waals surface area contributed by atoms with Crippen LogP contribution in [0.3, 0.4) is 0 Å². The first-order valence-corrected chi connectivity index (χ1v) is 6.45. The number of nitrogens with two attached hydrogens (primary N) is 1. The number of benzene rings is 1. The molecule has 1 aliphatic heterocycles. The van der Waals surface area contributed by atoms with Gasteiger partial charge >= 0.3 is 0 Å². The molecule has 0 saturated heterocycles. The fraction of sp³-hybridized carbons (Fsp3) is 0.308. The molecule has 0 spiro atoms. The molecule has 0 amide bonds. The van der Waals surface area contributed by atoms with E-state index in [1.54, 1.807) is 0 Å². The van der Waals surface area contributed by atoms with Crippen molar-refractivity contribution in [2.75, 3.05) is 6.54 Å². The van der Waals surface area contributed by atoms with E-state index >= 15 is 0 Å². The van der Waals surface area contributed by atoms with Crippen molar-refractivity contribution in [3.63, 3.8) is 0 Å². The van der Waals surface area contributed by atoms with Gasteiger partial charge in [0.05, 0.1) is 0 Å². The molecule has 1 heterocycles. The average molecular weight is 264 g/mol. The van der Waals surface area contributed by atoms with Crippen molar-refractivity contribution in [3.05, 3.63) is 46.4 Å². The van der Waals surface area contributed by atoms with Gasteiger partial charge < -0.3 is 5.73 Å². The molecule has 0 aliphatic carbocycles. The third-order valence-electron chi connectivity index (χ3n) is 3.14. The van der Waals surface area contributed by atoms with E-state index in [4.69, 9.17) is 18.0 Å². The Hall–Kier alpha value is -0.840. The smallest absolute Gasteiger partial charge is 0.102 e. The summed E-state index contributed by atoms with van der Waals surface area (Å²) < 4.78 is 0. The molecular formula is C13H16N2S2. The van der Waals surface area contributed by atoms with Crippen LogP contribution in [0, 0.1) is 0 Å². The van der Waals surface area contributed by atoms with E-state index in [1.165, 1.54) is 5.56 Å². The minimum absolute atomic E-state index is 0.287. The summed E-state index contributed by atoms with van der Waals surface area (Å²) in [5.74, 6) is 0. The molecule has 2 nitrogen and oxygen atoms in total. The Labute approximate surface area is 113 Å². The van der Waals surface area contributed by atoms with Crippen LogP contribution in [0.5, 0.6) is 0 Å². The van der Waals surface area contributed by atoms with E-state index in [0.29, 0.717) is 4.99 Å². The Bertz CT molecular complexity index is 454. The summed E-state index contributed by atoms with van der Waals surface area (Å²) in [6, 6.07) is 10.7. The lowest BCUT2D eigenvalue weighted by Gasteiger charge is -2.22. The quantitative estimate of drug-likeness (QED) is 0.649. The van der Waals surface area contributed by atoms with Crippen molar-refractivity contribution < 1.29 is 0 Å². The molecule has 1 aromatic rings. The van der Waals surface area contributed by atoms with Gasteiger partial charge in [-0.15, -0.1) is 12.6 Å². The number of rotatable bonds is 3. The molecule has 0 bridgehead atoms. The zero-order valence-electron chi connectivity index (χ0n) is 9.76. The van der Waals surface area contributed by atoms with E-state index in [-0.39, 0.29) is 6.04 Å². The third kappa shape index (κ3) is 2.70. The van der Waals surface area contributed by atoms with Gasteiger partial charge in [0.1, 0.15) is 4.99 Å². The maximum atomic E-state index is 5.70. The van der Waals surface area contributed by atoms with Crippen molar-refractivity contribution >= 4 is 29.8 Å². The first-order chi connectivity index (χ1) is 8.09. The van der Waals surface area contributed by atoms with Crippen LogP contribution in [-0.2, 0) is 6.54 Å². The second-order valence-corrected chi connectivity index (χ2v) is 5.22. The Morgan fingerprint density at radius 3 is 2.65 bits per heavy atom. The van der Waals surface area contributed by atoms with Gasteiger partial charge in [0.15, 0.2) is 0 Å². The lowest BCUT2D eigenvalue weighted by Crippen LogP contribution is -2.29. The van der Waals surface area contributed by atoms with Crippen molar-refractivity contribution in [3.8, 4) is 0 Å². The highest BCUT2D eigenvalue weighted by molar-refractivity contribution is 7.85. The largest absolute Gasteiger partial charge is 0.390 e. The first-order valence-electron chi connectivity index (χ1n) is 5.59. The summed E-state index contributed by atoms with van der Waals surface area (Å²) >= 11 is 9.57. The number of nitrogens with zero attached hydrogens (tertiary/aromatic N) is 1. The summed E-state index contributed by atoms with van der Waals surface area (Å²) in [7, 11) is 0. The average Bonchev–Trinajstić information content (AvgIpc) is 2.59. The van der Waals surface area contributed by atoms with Gasteiger partial charge in [-0.2, -0.15) is 0 Å². The van der Waals surface area contributed by atoms with Gasteiger partial charge in [-0.3, -0.25) is 4.90 Å². The van der Waals surface area contributed by atoms with Crippen LogP contribution in [0.15, 0.2) is 40.8 Å². The molecule has 2 N–H and O–H groups in total. The fourth-order valence-electron chi connectivity index (χ4n) is 2.06. The molecule has 17 heavy (non-hydrogen) atoms. The van der Waals surface area contributed by atoms with Gasteiger partial charge in [0.25, 0.3) is 0 Å². The molecule has 4 heteroatoms. The highest BCUT2D eigenvalue weighted by atomic mass is 32.1. The Morgan fingerprint density at radius 2 is 2.12 bits per heavy atom. The minimum atomic E-state index is 0.287. The predicted octanol–water partition coefficient (Wildman–Crippen LogP) is 2.36. The van der Waals surface area contributed by atoms with Crippen molar-refractivity contribution in [1.29, 1.82) is 0 Å². The summed E-state index contributed by atoms with van der Waals surface area (Å²) in [4.78, 5) is 3.80. The molecule has 0 radical (unpaired) electrons. The molecule has 90 valence electrons. The van der Waals surface area contributed by atoms with E-state index in [9.17, 15) is 0 Å². The Morgan fingerprint density at radius 1 is 1.47 bits per heavy atom. The Kier molecular flexibility index (Phi) is 3.86. The molecule has 2 rings (SSSR count). The van der Waals surface area contributed by atoms with Crippen LogP contribution in [0.4, 0.5) is 0 Å². The van der Waals surface area contributed by atoms with Crippen molar-refractivity contribution in [1.82, 2.24) is 4.90 Å². The maximum Gasteiger partial charge on any atom is 0.102 e.